The van der Waals surface area contributed by atoms with Gasteiger partial charge in [-0.25, -0.2) is 4.98 Å². The molecule has 3 heteroatoms. The monoisotopic (exact) mass is 327 g/mol. The maximum absolute atomic E-state index is 10.5. The van der Waals surface area contributed by atoms with Gasteiger partial charge in [0.1, 0.15) is 11.5 Å². The quantitative estimate of drug-likeness (QED) is 0.402. The van der Waals surface area contributed by atoms with Gasteiger partial charge in [0.15, 0.2) is 0 Å². The standard InChI is InChI=1S/C22H17NO2/c1-25-16-12-10-15(11-13-16)22(24)14-21-19-8-3-2-6-17(19)18-7-4-5-9-20(18)23-21/h2-14,24H,1H3/b22-14-. The summed E-state index contributed by atoms with van der Waals surface area (Å²) in [6, 6.07) is 23.5. The highest BCUT2D eigenvalue weighted by Crippen LogP contribution is 2.28. The van der Waals surface area contributed by atoms with Crippen molar-refractivity contribution in [1.82, 2.24) is 4.98 Å². The van der Waals surface area contributed by atoms with Crippen molar-refractivity contribution < 1.29 is 9.84 Å². The van der Waals surface area contributed by atoms with Crippen molar-refractivity contribution in [2.45, 2.75) is 0 Å². The molecule has 0 radical (unpaired) electrons. The lowest BCUT2D eigenvalue weighted by Gasteiger charge is -2.08. The number of methoxy groups -OCH3 is 1. The van der Waals surface area contributed by atoms with Crippen LogP contribution in [0.1, 0.15) is 11.3 Å². The predicted octanol–water partition coefficient (Wildman–Crippen LogP) is 5.45. The Morgan fingerprint density at radius 3 is 2.20 bits per heavy atom. The highest BCUT2D eigenvalue weighted by molar-refractivity contribution is 6.08. The number of benzene rings is 3. The van der Waals surface area contributed by atoms with Crippen LogP contribution in [0.15, 0.2) is 72.8 Å². The van der Waals surface area contributed by atoms with Gasteiger partial charge < -0.3 is 9.84 Å². The molecule has 3 nitrogen and oxygen atoms in total. The zero-order valence-corrected chi connectivity index (χ0v) is 13.8. The van der Waals surface area contributed by atoms with E-state index in [1.165, 1.54) is 0 Å². The highest BCUT2D eigenvalue weighted by Gasteiger charge is 2.08. The van der Waals surface area contributed by atoms with E-state index in [-0.39, 0.29) is 5.76 Å². The first-order chi connectivity index (χ1) is 12.3. The Kier molecular flexibility index (Phi) is 3.82. The van der Waals surface area contributed by atoms with E-state index in [2.05, 4.69) is 12.1 Å². The molecule has 0 bridgehead atoms. The van der Waals surface area contributed by atoms with Gasteiger partial charge in [-0.2, -0.15) is 0 Å². The number of nitrogens with zero attached hydrogens (tertiary/aromatic N) is 1. The Hall–Kier alpha value is -3.33. The molecule has 0 aliphatic heterocycles. The van der Waals surface area contributed by atoms with Gasteiger partial charge in [0.25, 0.3) is 0 Å². The molecule has 25 heavy (non-hydrogen) atoms. The van der Waals surface area contributed by atoms with Crippen molar-refractivity contribution >= 4 is 33.5 Å². The molecule has 1 heterocycles. The summed E-state index contributed by atoms with van der Waals surface area (Å²) in [6.45, 7) is 0. The van der Waals surface area contributed by atoms with E-state index in [4.69, 9.17) is 9.72 Å². The first-order valence-electron chi connectivity index (χ1n) is 8.09. The van der Waals surface area contributed by atoms with Crippen molar-refractivity contribution in [3.8, 4) is 5.75 Å². The van der Waals surface area contributed by atoms with Crippen LogP contribution in [-0.4, -0.2) is 17.2 Å². The number of hydrogen-bond donors (Lipinski definition) is 1. The number of aliphatic hydroxyl groups excluding tert-OH is 1. The van der Waals surface area contributed by atoms with Crippen molar-refractivity contribution in [2.75, 3.05) is 7.11 Å². The average molecular weight is 327 g/mol. The van der Waals surface area contributed by atoms with E-state index < -0.39 is 0 Å². The molecule has 3 aromatic carbocycles. The van der Waals surface area contributed by atoms with Crippen LogP contribution in [0.3, 0.4) is 0 Å². The molecule has 1 N–H and O–H groups in total. The normalized spacial score (nSPS) is 11.8. The second-order valence-electron chi connectivity index (χ2n) is 5.82. The molecule has 0 aliphatic carbocycles. The lowest BCUT2D eigenvalue weighted by Crippen LogP contribution is -1.90. The fourth-order valence-corrected chi connectivity index (χ4v) is 3.01. The van der Waals surface area contributed by atoms with Gasteiger partial charge in [-0.05, 0) is 35.7 Å². The molecule has 0 fully saturated rings. The number of pyridine rings is 1. The molecule has 0 unspecified atom stereocenters. The third-order valence-corrected chi connectivity index (χ3v) is 4.30. The van der Waals surface area contributed by atoms with Crippen LogP contribution >= 0.6 is 0 Å². The van der Waals surface area contributed by atoms with Gasteiger partial charge in [-0.3, -0.25) is 0 Å². The zero-order chi connectivity index (χ0) is 17.2. The van der Waals surface area contributed by atoms with Gasteiger partial charge >= 0.3 is 0 Å². The van der Waals surface area contributed by atoms with E-state index in [1.807, 2.05) is 60.7 Å². The van der Waals surface area contributed by atoms with Gasteiger partial charge in [0.2, 0.25) is 0 Å². The molecule has 0 saturated carbocycles. The van der Waals surface area contributed by atoms with Crippen LogP contribution in [0.5, 0.6) is 5.75 Å². The second-order valence-corrected chi connectivity index (χ2v) is 5.82. The summed E-state index contributed by atoms with van der Waals surface area (Å²) in [6.07, 6.45) is 1.72. The summed E-state index contributed by atoms with van der Waals surface area (Å²) < 4.78 is 5.16. The Morgan fingerprint density at radius 1 is 0.840 bits per heavy atom. The number of rotatable bonds is 3. The summed E-state index contributed by atoms with van der Waals surface area (Å²) in [7, 11) is 1.62. The van der Waals surface area contributed by atoms with Gasteiger partial charge in [0.05, 0.1) is 18.3 Å². The predicted molar refractivity (Wildman–Crippen MR) is 103 cm³/mol. The molecular weight excluding hydrogens is 310 g/mol. The Balaban J connectivity index is 1.89. The van der Waals surface area contributed by atoms with Gasteiger partial charge in [0, 0.05) is 22.4 Å². The van der Waals surface area contributed by atoms with Crippen molar-refractivity contribution in [2.24, 2.45) is 0 Å². The van der Waals surface area contributed by atoms with Crippen LogP contribution in [-0.2, 0) is 0 Å². The third kappa shape index (κ3) is 2.81. The van der Waals surface area contributed by atoms with Crippen LogP contribution in [0.2, 0.25) is 0 Å². The third-order valence-electron chi connectivity index (χ3n) is 4.30. The molecule has 4 rings (SSSR count). The minimum Gasteiger partial charge on any atom is -0.507 e. The number of para-hydroxylation sites is 1. The number of fused-ring (bicyclic) bond motifs is 3. The second kappa shape index (κ2) is 6.29. The summed E-state index contributed by atoms with van der Waals surface area (Å²) in [4.78, 5) is 4.74. The van der Waals surface area contributed by atoms with Crippen molar-refractivity contribution in [3.05, 3.63) is 84.1 Å². The Labute approximate surface area is 145 Å². The summed E-state index contributed by atoms with van der Waals surface area (Å²) in [5.41, 5.74) is 2.39. The maximum atomic E-state index is 10.5. The topological polar surface area (TPSA) is 42.4 Å². The number of aliphatic hydroxyl groups is 1. The van der Waals surface area contributed by atoms with E-state index >= 15 is 0 Å². The van der Waals surface area contributed by atoms with E-state index in [0.717, 1.165) is 38.7 Å². The maximum Gasteiger partial charge on any atom is 0.124 e. The Bertz CT molecular complexity index is 1080. The first-order valence-corrected chi connectivity index (χ1v) is 8.09. The Morgan fingerprint density at radius 2 is 1.48 bits per heavy atom. The molecule has 0 atom stereocenters. The van der Waals surface area contributed by atoms with Crippen LogP contribution < -0.4 is 4.74 Å². The number of ether oxygens (including phenoxy) is 1. The lowest BCUT2D eigenvalue weighted by atomic mass is 10.0. The minimum absolute atomic E-state index is 0.176. The smallest absolute Gasteiger partial charge is 0.124 e. The molecule has 1 aromatic heterocycles. The molecule has 0 spiro atoms. The first kappa shape index (κ1) is 15.2. The molecular formula is C22H17NO2. The molecule has 0 amide bonds. The molecule has 0 saturated heterocycles. The largest absolute Gasteiger partial charge is 0.507 e. The van der Waals surface area contributed by atoms with E-state index in [9.17, 15) is 5.11 Å². The van der Waals surface area contributed by atoms with Gasteiger partial charge in [-0.1, -0.05) is 42.5 Å². The fraction of sp³-hybridized carbons (Fsp3) is 0.0455. The lowest BCUT2D eigenvalue weighted by molar-refractivity contribution is 0.414. The summed E-state index contributed by atoms with van der Waals surface area (Å²) in [5, 5.41) is 13.8. The zero-order valence-electron chi connectivity index (χ0n) is 13.8. The number of aromatic nitrogens is 1. The number of hydrogen-bond acceptors (Lipinski definition) is 3. The average Bonchev–Trinajstić information content (AvgIpc) is 2.68. The summed E-state index contributed by atoms with van der Waals surface area (Å²) in [5.74, 6) is 0.932. The summed E-state index contributed by atoms with van der Waals surface area (Å²) >= 11 is 0. The van der Waals surface area contributed by atoms with Crippen molar-refractivity contribution in [3.63, 3.8) is 0 Å². The van der Waals surface area contributed by atoms with E-state index in [0.29, 0.717) is 0 Å². The molecule has 0 aliphatic rings. The SMILES string of the molecule is COc1ccc(/C(O)=C/c2nc3ccccc3c3ccccc23)cc1. The van der Waals surface area contributed by atoms with E-state index in [1.54, 1.807) is 13.2 Å². The van der Waals surface area contributed by atoms with Crippen LogP contribution in [0.4, 0.5) is 0 Å². The van der Waals surface area contributed by atoms with Gasteiger partial charge in [-0.15, -0.1) is 0 Å². The highest BCUT2D eigenvalue weighted by atomic mass is 16.5. The van der Waals surface area contributed by atoms with Crippen LogP contribution in [0.25, 0.3) is 33.5 Å². The molecule has 122 valence electrons. The van der Waals surface area contributed by atoms with Crippen LogP contribution in [0, 0.1) is 0 Å². The van der Waals surface area contributed by atoms with Crippen molar-refractivity contribution in [1.29, 1.82) is 0 Å². The minimum atomic E-state index is 0.176. The molecule has 4 aromatic rings. The fourth-order valence-electron chi connectivity index (χ4n) is 3.01.